The molecule has 9 aliphatic rings. The summed E-state index contributed by atoms with van der Waals surface area (Å²) in [6, 6.07) is -1.05. The Morgan fingerprint density at radius 2 is 1.77 bits per heavy atom. The van der Waals surface area contributed by atoms with E-state index in [2.05, 4.69) is 0 Å². The Kier molecular flexibility index (Phi) is 9.34. The molecule has 4 heterocycles. The van der Waals surface area contributed by atoms with Crippen LogP contribution < -0.4 is 11.5 Å². The number of nitrogens with two attached hydrogens (primary N) is 2. The minimum Gasteiger partial charge on any atom is -0.458 e. The Balaban J connectivity index is 0.856. The summed E-state index contributed by atoms with van der Waals surface area (Å²) in [7, 11) is 1.38. The van der Waals surface area contributed by atoms with Gasteiger partial charge in [-0.25, -0.2) is 9.18 Å². The monoisotopic (exact) mass is 864 g/mol. The van der Waals surface area contributed by atoms with Crippen LogP contribution in [0.3, 0.4) is 0 Å². The standard InChI is InChI=1S/C44H53FN4O13/c1-20-33(46)36(56)32-25(18-60-38(47)57)44(58-6)37-26(17-48(44)34(32)35(20)55)49(37)30(53)8-7-9-31(54)59-19-28(52)43-29(61-39(2,3)62-43)15-24-23-11-10-21-14-22(50)12-13-40(21,4)42(23,45)27(51)16-41(24,43)5/h12-14,23-27,29,37,51H,7-11,15-19,46H2,1-6H3,(H2,47,57)/t23-,24-,25+,26-,27-,29+,37-,40-,41-,42-,43+,44+,49?/m0/s1. The predicted molar refractivity (Wildman–Crippen MR) is 210 cm³/mol. The number of rotatable bonds is 10. The quantitative estimate of drug-likeness (QED) is 0.161. The van der Waals surface area contributed by atoms with Gasteiger partial charge in [-0.1, -0.05) is 18.6 Å². The number of nitrogens with zero attached hydrogens (tertiary/aromatic N) is 2. The fourth-order valence-electron chi connectivity index (χ4n) is 13.5. The number of allylic oxidation sites excluding steroid dienone is 6. The molecule has 0 unspecified atom stereocenters. The van der Waals surface area contributed by atoms with E-state index in [0.29, 0.717) is 18.4 Å². The summed E-state index contributed by atoms with van der Waals surface area (Å²) in [6.45, 7) is 7.42. The summed E-state index contributed by atoms with van der Waals surface area (Å²) >= 11 is 0. The molecule has 17 nitrogen and oxygen atoms in total. The maximum atomic E-state index is 17.8. The van der Waals surface area contributed by atoms with Crippen molar-refractivity contribution in [3.63, 3.8) is 0 Å². The van der Waals surface area contributed by atoms with E-state index in [1.54, 1.807) is 36.6 Å². The molecule has 0 aromatic rings. The molecule has 5 aliphatic carbocycles. The van der Waals surface area contributed by atoms with Crippen LogP contribution in [-0.4, -0.2) is 130 Å². The van der Waals surface area contributed by atoms with Crippen molar-refractivity contribution in [3.05, 3.63) is 46.3 Å². The van der Waals surface area contributed by atoms with E-state index in [4.69, 9.17) is 35.2 Å². The number of esters is 1. The van der Waals surface area contributed by atoms with Crippen molar-refractivity contribution in [1.82, 2.24) is 9.80 Å². The zero-order chi connectivity index (χ0) is 44.9. The molecule has 3 saturated heterocycles. The molecule has 62 heavy (non-hydrogen) atoms. The van der Waals surface area contributed by atoms with Crippen molar-refractivity contribution in [2.75, 3.05) is 26.9 Å². The number of hydrogen-bond acceptors (Lipinski definition) is 15. The van der Waals surface area contributed by atoms with Crippen LogP contribution in [0.1, 0.15) is 79.6 Å². The number of halogens is 1. The number of hydrogen-bond donors (Lipinski definition) is 3. The SMILES string of the molecule is CO[C@@]12[C@H](COC(N)=O)C3=C(C(=O)C(C)=C(N)C3=O)N1C[C@H]1[C@@H]2N1C(=O)CCCC(=O)OCC(=O)[C@@]12OC(C)(C)O[C@@H]1C[C@H]1[C@@H]3CCC4=CC(=O)C=C[C@]4(C)[C@@]3(F)[C@@H](O)C[C@@]12C. The first-order valence-corrected chi connectivity index (χ1v) is 21.3. The van der Waals surface area contributed by atoms with Gasteiger partial charge in [0, 0.05) is 54.4 Å². The smallest absolute Gasteiger partial charge is 0.404 e. The number of amides is 2. The molecule has 0 radical (unpaired) electrons. The van der Waals surface area contributed by atoms with Gasteiger partial charge in [-0.2, -0.15) is 0 Å². The molecule has 9 rings (SSSR count). The molecule has 12 atom stereocenters. The minimum absolute atomic E-state index is 0.0347. The Labute approximate surface area is 356 Å². The van der Waals surface area contributed by atoms with Crippen LogP contribution >= 0.6 is 0 Å². The normalized spacial score (nSPS) is 41.8. The summed E-state index contributed by atoms with van der Waals surface area (Å²) in [4.78, 5) is 95.5. The van der Waals surface area contributed by atoms with E-state index in [1.807, 2.05) is 6.92 Å². The molecule has 5 N–H and O–H groups in total. The average Bonchev–Trinajstić information content (AvgIpc) is 3.43. The lowest BCUT2D eigenvalue weighted by atomic mass is 9.44. The van der Waals surface area contributed by atoms with E-state index in [0.717, 1.165) is 0 Å². The first kappa shape index (κ1) is 42.5. The lowest BCUT2D eigenvalue weighted by Crippen LogP contribution is -2.70. The van der Waals surface area contributed by atoms with Crippen LogP contribution in [0.25, 0.3) is 0 Å². The number of Topliss-reactive ketones (excluding diaryl/α,β-unsaturated/α-hetero) is 3. The van der Waals surface area contributed by atoms with Gasteiger partial charge in [0.05, 0.1) is 35.6 Å². The highest BCUT2D eigenvalue weighted by atomic mass is 19.1. The molecule has 18 heteroatoms. The molecule has 6 fully saturated rings. The van der Waals surface area contributed by atoms with E-state index >= 15 is 4.39 Å². The predicted octanol–water partition coefficient (Wildman–Crippen LogP) is 1.74. The number of fused-ring (bicyclic) bond motifs is 11. The van der Waals surface area contributed by atoms with E-state index in [-0.39, 0.29) is 72.9 Å². The highest BCUT2D eigenvalue weighted by Gasteiger charge is 2.81. The number of aliphatic hydroxyl groups excluding tert-OH is 1. The molecule has 0 aromatic carbocycles. The summed E-state index contributed by atoms with van der Waals surface area (Å²) in [6.07, 6.45) is 1.66. The summed E-state index contributed by atoms with van der Waals surface area (Å²) in [5.74, 6) is -6.26. The van der Waals surface area contributed by atoms with Gasteiger partial charge in [-0.05, 0) is 77.9 Å². The molecular weight excluding hydrogens is 811 g/mol. The molecule has 0 spiro atoms. The highest BCUT2D eigenvalue weighted by Crippen LogP contribution is 2.72. The molecule has 334 valence electrons. The van der Waals surface area contributed by atoms with Gasteiger partial charge >= 0.3 is 12.1 Å². The van der Waals surface area contributed by atoms with Gasteiger partial charge in [0.15, 0.2) is 35.2 Å². The second-order valence-corrected chi connectivity index (χ2v) is 19.3. The largest absolute Gasteiger partial charge is 0.458 e. The minimum atomic E-state index is -2.13. The number of ketones is 4. The van der Waals surface area contributed by atoms with Crippen molar-refractivity contribution in [3.8, 4) is 0 Å². The zero-order valence-electron chi connectivity index (χ0n) is 35.6. The van der Waals surface area contributed by atoms with Crippen molar-refractivity contribution >= 4 is 41.1 Å². The second kappa shape index (κ2) is 13.6. The van der Waals surface area contributed by atoms with Crippen LogP contribution in [-0.2, 0) is 52.5 Å². The molecule has 2 amide bonds. The summed E-state index contributed by atoms with van der Waals surface area (Å²) < 4.78 is 47.4. The number of carbonyl (C=O) groups is 7. The molecule has 0 bridgehead atoms. The lowest BCUT2D eigenvalue weighted by Gasteiger charge is -2.62. The van der Waals surface area contributed by atoms with Gasteiger partial charge in [0.1, 0.15) is 12.6 Å². The maximum Gasteiger partial charge on any atom is 0.404 e. The van der Waals surface area contributed by atoms with Gasteiger partial charge in [-0.3, -0.25) is 28.8 Å². The molecule has 0 aromatic heterocycles. The Morgan fingerprint density at radius 3 is 2.47 bits per heavy atom. The van der Waals surface area contributed by atoms with Crippen LogP contribution in [0, 0.1) is 28.6 Å². The van der Waals surface area contributed by atoms with Crippen molar-refractivity contribution in [1.29, 1.82) is 0 Å². The van der Waals surface area contributed by atoms with Gasteiger partial charge in [0.2, 0.25) is 23.3 Å². The van der Waals surface area contributed by atoms with E-state index < -0.39 is 118 Å². The van der Waals surface area contributed by atoms with Crippen molar-refractivity contribution < 1.29 is 66.7 Å². The third kappa shape index (κ3) is 5.29. The van der Waals surface area contributed by atoms with E-state index in [9.17, 15) is 38.7 Å². The summed E-state index contributed by atoms with van der Waals surface area (Å²) in [5.41, 5.74) is 4.37. The number of ether oxygens (including phenoxy) is 5. The van der Waals surface area contributed by atoms with Gasteiger partial charge in [-0.15, -0.1) is 0 Å². The highest BCUT2D eigenvalue weighted by molar-refractivity contribution is 6.25. The van der Waals surface area contributed by atoms with E-state index in [1.165, 1.54) is 26.2 Å². The molecule has 3 saturated carbocycles. The Hall–Kier alpha value is -4.78. The van der Waals surface area contributed by atoms with Crippen LogP contribution in [0.5, 0.6) is 0 Å². The molecule has 4 aliphatic heterocycles. The van der Waals surface area contributed by atoms with Gasteiger partial charge < -0.3 is 50.1 Å². The Morgan fingerprint density at radius 1 is 1.05 bits per heavy atom. The van der Waals surface area contributed by atoms with Crippen LogP contribution in [0.15, 0.2) is 46.3 Å². The van der Waals surface area contributed by atoms with Crippen molar-refractivity contribution in [2.45, 2.75) is 127 Å². The third-order valence-electron chi connectivity index (χ3n) is 16.2. The fraction of sp³-hybridized carbons (Fsp3) is 0.659. The third-order valence-corrected chi connectivity index (χ3v) is 16.2. The summed E-state index contributed by atoms with van der Waals surface area (Å²) in [5, 5.41) is 11.9. The fourth-order valence-corrected chi connectivity index (χ4v) is 13.5. The topological polar surface area (TPSA) is 244 Å². The zero-order valence-corrected chi connectivity index (χ0v) is 35.6. The van der Waals surface area contributed by atoms with Gasteiger partial charge in [0.25, 0.3) is 0 Å². The Bertz CT molecular complexity index is 2270. The molecular formula is C44H53FN4O13. The van der Waals surface area contributed by atoms with Crippen LogP contribution in [0.4, 0.5) is 9.18 Å². The number of primary amides is 1. The number of alkyl halides is 1. The number of aliphatic hydroxyl groups is 1. The number of piperazine rings is 1. The first-order valence-electron chi connectivity index (χ1n) is 21.3. The average molecular weight is 865 g/mol. The second-order valence-electron chi connectivity index (χ2n) is 19.3. The first-order chi connectivity index (χ1) is 29.1. The maximum absolute atomic E-state index is 17.8. The van der Waals surface area contributed by atoms with Crippen molar-refractivity contribution in [2.24, 2.45) is 40.1 Å². The number of methoxy groups -OCH3 is 1. The van der Waals surface area contributed by atoms with Crippen LogP contribution in [0.2, 0.25) is 0 Å². The number of carbonyl (C=O) groups excluding carboxylic acids is 7. The lowest BCUT2D eigenvalue weighted by molar-refractivity contribution is -0.246.